The third-order valence-electron chi connectivity index (χ3n) is 3.89. The molecule has 1 atom stereocenters. The largest absolute Gasteiger partial charge is 0.493 e. The zero-order chi connectivity index (χ0) is 21.0. The molecule has 1 unspecified atom stereocenters. The standard InChI is InChI=1S/C18H18F3N5O3/c1-11(16-25-24-15-5-3-4-8-26(15)16)22-17(27)23-12-6-7-13(28-2)14(9-12)29-10-18(19,20)21/h3-9,11H,10H2,1-2H3,(H2,22,23,27). The number of hydrogen-bond donors (Lipinski definition) is 2. The minimum atomic E-state index is -4.50. The molecule has 2 aromatic heterocycles. The summed E-state index contributed by atoms with van der Waals surface area (Å²) in [6.07, 6.45) is -2.73. The number of nitrogens with one attached hydrogen (secondary N) is 2. The van der Waals surface area contributed by atoms with Gasteiger partial charge in [0.25, 0.3) is 0 Å². The molecule has 0 saturated carbocycles. The number of pyridine rings is 1. The minimum absolute atomic E-state index is 0.114. The molecular weight excluding hydrogens is 391 g/mol. The van der Waals surface area contributed by atoms with E-state index in [0.29, 0.717) is 11.5 Å². The molecule has 2 N–H and O–H groups in total. The first-order chi connectivity index (χ1) is 13.8. The minimum Gasteiger partial charge on any atom is -0.493 e. The summed E-state index contributed by atoms with van der Waals surface area (Å²) in [6.45, 7) is 0.255. The number of anilines is 1. The van der Waals surface area contributed by atoms with Crippen molar-refractivity contribution in [2.45, 2.75) is 19.1 Å². The van der Waals surface area contributed by atoms with Gasteiger partial charge >= 0.3 is 12.2 Å². The highest BCUT2D eigenvalue weighted by Gasteiger charge is 2.29. The van der Waals surface area contributed by atoms with E-state index in [1.165, 1.54) is 25.3 Å². The van der Waals surface area contributed by atoms with Crippen LogP contribution < -0.4 is 20.1 Å². The Balaban J connectivity index is 1.68. The van der Waals surface area contributed by atoms with Gasteiger partial charge < -0.3 is 20.1 Å². The lowest BCUT2D eigenvalue weighted by Gasteiger charge is -2.16. The van der Waals surface area contributed by atoms with Crippen LogP contribution in [0.15, 0.2) is 42.6 Å². The fourth-order valence-electron chi connectivity index (χ4n) is 2.61. The topological polar surface area (TPSA) is 89.8 Å². The third-order valence-corrected chi connectivity index (χ3v) is 3.89. The molecule has 154 valence electrons. The second-order valence-electron chi connectivity index (χ2n) is 6.08. The molecule has 0 saturated heterocycles. The molecule has 2 amide bonds. The zero-order valence-electron chi connectivity index (χ0n) is 15.5. The van der Waals surface area contributed by atoms with Crippen LogP contribution in [0.1, 0.15) is 18.8 Å². The van der Waals surface area contributed by atoms with Crippen LogP contribution in [0.3, 0.4) is 0 Å². The molecule has 1 aromatic carbocycles. The molecule has 29 heavy (non-hydrogen) atoms. The van der Waals surface area contributed by atoms with Crippen molar-refractivity contribution in [2.75, 3.05) is 19.0 Å². The van der Waals surface area contributed by atoms with Gasteiger partial charge in [-0.25, -0.2) is 4.79 Å². The summed E-state index contributed by atoms with van der Waals surface area (Å²) >= 11 is 0. The van der Waals surface area contributed by atoms with Crippen LogP contribution in [0.25, 0.3) is 5.65 Å². The van der Waals surface area contributed by atoms with Crippen molar-refractivity contribution in [1.29, 1.82) is 0 Å². The fraction of sp³-hybridized carbons (Fsp3) is 0.278. The quantitative estimate of drug-likeness (QED) is 0.650. The van der Waals surface area contributed by atoms with Gasteiger partial charge in [-0.15, -0.1) is 10.2 Å². The Labute approximate surface area is 163 Å². The van der Waals surface area contributed by atoms with Crippen LogP contribution in [-0.2, 0) is 0 Å². The summed E-state index contributed by atoms with van der Waals surface area (Å²) in [4.78, 5) is 12.3. The predicted octanol–water partition coefficient (Wildman–Crippen LogP) is 3.56. The zero-order valence-corrected chi connectivity index (χ0v) is 15.5. The molecule has 11 heteroatoms. The monoisotopic (exact) mass is 409 g/mol. The van der Waals surface area contributed by atoms with Crippen molar-refractivity contribution in [2.24, 2.45) is 0 Å². The molecule has 3 aromatic rings. The van der Waals surface area contributed by atoms with Crippen LogP contribution in [-0.4, -0.2) is 40.5 Å². The number of hydrogen-bond acceptors (Lipinski definition) is 5. The molecule has 0 fully saturated rings. The number of carbonyl (C=O) groups is 1. The Morgan fingerprint density at radius 2 is 2.00 bits per heavy atom. The van der Waals surface area contributed by atoms with E-state index >= 15 is 0 Å². The van der Waals surface area contributed by atoms with Crippen LogP contribution in [0, 0.1) is 0 Å². The second kappa shape index (κ2) is 8.25. The molecule has 0 spiro atoms. The summed E-state index contributed by atoms with van der Waals surface area (Å²) in [5.74, 6) is 0.502. The van der Waals surface area contributed by atoms with E-state index in [1.807, 2.05) is 12.1 Å². The lowest BCUT2D eigenvalue weighted by molar-refractivity contribution is -0.153. The normalized spacial score (nSPS) is 12.4. The van der Waals surface area contributed by atoms with Crippen molar-refractivity contribution in [3.05, 3.63) is 48.4 Å². The predicted molar refractivity (Wildman–Crippen MR) is 98.1 cm³/mol. The number of halogens is 3. The van der Waals surface area contributed by atoms with Gasteiger partial charge in [-0.2, -0.15) is 13.2 Å². The Hall–Kier alpha value is -3.50. The Morgan fingerprint density at radius 3 is 2.72 bits per heavy atom. The van der Waals surface area contributed by atoms with Gasteiger partial charge in [0.05, 0.1) is 13.2 Å². The average molecular weight is 409 g/mol. The number of aromatic nitrogens is 3. The number of nitrogens with zero attached hydrogens (tertiary/aromatic N) is 3. The Bertz CT molecular complexity index is 1010. The fourth-order valence-corrected chi connectivity index (χ4v) is 2.61. The second-order valence-corrected chi connectivity index (χ2v) is 6.08. The molecule has 0 radical (unpaired) electrons. The van der Waals surface area contributed by atoms with E-state index in [4.69, 9.17) is 9.47 Å². The van der Waals surface area contributed by atoms with E-state index < -0.39 is 24.9 Å². The van der Waals surface area contributed by atoms with E-state index in [1.54, 1.807) is 23.6 Å². The highest BCUT2D eigenvalue weighted by atomic mass is 19.4. The number of carbonyl (C=O) groups excluding carboxylic acids is 1. The number of ether oxygens (including phenoxy) is 2. The lowest BCUT2D eigenvalue weighted by Crippen LogP contribution is -2.32. The molecule has 0 aliphatic rings. The Morgan fingerprint density at radius 1 is 1.21 bits per heavy atom. The van der Waals surface area contributed by atoms with Gasteiger partial charge in [-0.1, -0.05) is 6.07 Å². The number of benzene rings is 1. The molecule has 8 nitrogen and oxygen atoms in total. The summed E-state index contributed by atoms with van der Waals surface area (Å²) in [5.41, 5.74) is 0.872. The molecule has 3 rings (SSSR count). The van der Waals surface area contributed by atoms with E-state index in [0.717, 1.165) is 0 Å². The highest BCUT2D eigenvalue weighted by molar-refractivity contribution is 5.89. The highest BCUT2D eigenvalue weighted by Crippen LogP contribution is 2.31. The van der Waals surface area contributed by atoms with Crippen molar-refractivity contribution < 1.29 is 27.4 Å². The van der Waals surface area contributed by atoms with Crippen molar-refractivity contribution >= 4 is 17.4 Å². The molecule has 0 aliphatic carbocycles. The van der Waals surface area contributed by atoms with Gasteiger partial charge in [0.2, 0.25) is 0 Å². The summed E-state index contributed by atoms with van der Waals surface area (Å²) < 4.78 is 48.7. The molecule has 0 aliphatic heterocycles. The maximum absolute atomic E-state index is 12.4. The van der Waals surface area contributed by atoms with Crippen molar-refractivity contribution in [3.8, 4) is 11.5 Å². The van der Waals surface area contributed by atoms with Crippen LogP contribution in [0.4, 0.5) is 23.7 Å². The first-order valence-corrected chi connectivity index (χ1v) is 8.51. The van der Waals surface area contributed by atoms with E-state index in [2.05, 4.69) is 20.8 Å². The first kappa shape index (κ1) is 20.2. The van der Waals surface area contributed by atoms with Crippen LogP contribution >= 0.6 is 0 Å². The third kappa shape index (κ3) is 5.06. The summed E-state index contributed by atoms with van der Waals surface area (Å²) in [5, 5.41) is 13.3. The van der Waals surface area contributed by atoms with Gasteiger partial charge in [0.1, 0.15) is 0 Å². The Kier molecular flexibility index (Phi) is 5.76. The summed E-state index contributed by atoms with van der Waals surface area (Å²) in [7, 11) is 1.31. The van der Waals surface area contributed by atoms with Gasteiger partial charge in [0, 0.05) is 18.0 Å². The number of alkyl halides is 3. The SMILES string of the molecule is COc1ccc(NC(=O)NC(C)c2nnc3ccccn23)cc1OCC(F)(F)F. The van der Waals surface area contributed by atoms with Crippen molar-refractivity contribution in [3.63, 3.8) is 0 Å². The van der Waals surface area contributed by atoms with Gasteiger partial charge in [0.15, 0.2) is 29.6 Å². The van der Waals surface area contributed by atoms with Gasteiger partial charge in [-0.05, 0) is 31.2 Å². The smallest absolute Gasteiger partial charge is 0.422 e. The van der Waals surface area contributed by atoms with Crippen molar-refractivity contribution in [1.82, 2.24) is 19.9 Å². The number of fused-ring (bicyclic) bond motifs is 1. The molecule has 0 bridgehead atoms. The lowest BCUT2D eigenvalue weighted by atomic mass is 10.2. The molecule has 2 heterocycles. The number of amides is 2. The van der Waals surface area contributed by atoms with Crippen LogP contribution in [0.2, 0.25) is 0 Å². The van der Waals surface area contributed by atoms with E-state index in [-0.39, 0.29) is 17.2 Å². The van der Waals surface area contributed by atoms with Gasteiger partial charge in [-0.3, -0.25) is 4.40 Å². The summed E-state index contributed by atoms with van der Waals surface area (Å²) in [6, 6.07) is 8.49. The number of methoxy groups -OCH3 is 1. The number of rotatable bonds is 6. The number of urea groups is 1. The van der Waals surface area contributed by atoms with Crippen LogP contribution in [0.5, 0.6) is 11.5 Å². The maximum atomic E-state index is 12.4. The van der Waals surface area contributed by atoms with E-state index in [9.17, 15) is 18.0 Å². The molecular formula is C18H18F3N5O3. The average Bonchev–Trinajstić information content (AvgIpc) is 3.10. The first-order valence-electron chi connectivity index (χ1n) is 8.51. The maximum Gasteiger partial charge on any atom is 0.422 e.